The highest BCUT2D eigenvalue weighted by Crippen LogP contribution is 2.18. The second-order valence-electron chi connectivity index (χ2n) is 3.84. The van der Waals surface area contributed by atoms with Gasteiger partial charge in [-0.25, -0.2) is 4.39 Å². The first kappa shape index (κ1) is 13.4. The van der Waals surface area contributed by atoms with Crippen molar-refractivity contribution in [2.24, 2.45) is 0 Å². The Morgan fingerprint density at radius 3 is 2.81 bits per heavy atom. The van der Waals surface area contributed by atoms with E-state index in [-0.39, 0.29) is 5.82 Å². The molecule has 1 atom stereocenters. The summed E-state index contributed by atoms with van der Waals surface area (Å²) < 4.78 is 13.8. The zero-order chi connectivity index (χ0) is 12.1. The monoisotopic (exact) mass is 285 g/mol. The van der Waals surface area contributed by atoms with Gasteiger partial charge in [0.05, 0.1) is 4.47 Å². The van der Waals surface area contributed by atoms with Crippen LogP contribution in [-0.2, 0) is 0 Å². The van der Waals surface area contributed by atoms with Crippen molar-refractivity contribution in [3.8, 4) is 0 Å². The van der Waals surface area contributed by atoms with Crippen LogP contribution in [0.15, 0.2) is 28.2 Å². The molecule has 88 valence electrons. The van der Waals surface area contributed by atoms with Gasteiger partial charge in [-0.1, -0.05) is 24.6 Å². The van der Waals surface area contributed by atoms with Gasteiger partial charge in [0.15, 0.2) is 0 Å². The Morgan fingerprint density at radius 1 is 1.56 bits per heavy atom. The summed E-state index contributed by atoms with van der Waals surface area (Å²) >= 11 is 3.14. The number of nitrogens with one attached hydrogen (secondary N) is 1. The molecule has 0 spiro atoms. The SMILES string of the molecule is CCNC(C)/C(C)=C/c1ccc(Br)c(F)c1. The van der Waals surface area contributed by atoms with E-state index in [1.807, 2.05) is 19.1 Å². The van der Waals surface area contributed by atoms with Gasteiger partial charge in [-0.3, -0.25) is 0 Å². The molecular weight excluding hydrogens is 269 g/mol. The molecule has 1 aromatic carbocycles. The molecule has 0 aromatic heterocycles. The first-order valence-corrected chi connectivity index (χ1v) is 6.20. The maximum absolute atomic E-state index is 13.3. The van der Waals surface area contributed by atoms with Crippen LogP contribution in [0.25, 0.3) is 6.08 Å². The number of likely N-dealkylation sites (N-methyl/N-ethyl adjacent to an activating group) is 1. The predicted octanol–water partition coefficient (Wildman–Crippen LogP) is 3.99. The molecule has 1 rings (SSSR count). The van der Waals surface area contributed by atoms with Crippen LogP contribution in [0, 0.1) is 5.82 Å². The lowest BCUT2D eigenvalue weighted by molar-refractivity contribution is 0.620. The first-order valence-electron chi connectivity index (χ1n) is 5.41. The molecule has 0 aliphatic heterocycles. The van der Waals surface area contributed by atoms with Crippen molar-refractivity contribution in [1.29, 1.82) is 0 Å². The Balaban J connectivity index is 2.85. The van der Waals surface area contributed by atoms with E-state index in [0.717, 1.165) is 12.1 Å². The van der Waals surface area contributed by atoms with Crippen molar-refractivity contribution < 1.29 is 4.39 Å². The van der Waals surface area contributed by atoms with E-state index in [2.05, 4.69) is 35.1 Å². The smallest absolute Gasteiger partial charge is 0.137 e. The summed E-state index contributed by atoms with van der Waals surface area (Å²) in [4.78, 5) is 0. The Labute approximate surface area is 105 Å². The van der Waals surface area contributed by atoms with Crippen LogP contribution in [0.5, 0.6) is 0 Å². The predicted molar refractivity (Wildman–Crippen MR) is 70.9 cm³/mol. The lowest BCUT2D eigenvalue weighted by Gasteiger charge is -2.13. The van der Waals surface area contributed by atoms with E-state index < -0.39 is 0 Å². The molecule has 0 aliphatic rings. The number of benzene rings is 1. The summed E-state index contributed by atoms with van der Waals surface area (Å²) in [5.74, 6) is -0.224. The average molecular weight is 286 g/mol. The molecule has 0 fully saturated rings. The number of hydrogen-bond acceptors (Lipinski definition) is 1. The molecular formula is C13H17BrFN. The van der Waals surface area contributed by atoms with E-state index >= 15 is 0 Å². The van der Waals surface area contributed by atoms with Gasteiger partial charge in [-0.15, -0.1) is 0 Å². The Kier molecular flexibility index (Phi) is 5.16. The second kappa shape index (κ2) is 6.16. The Morgan fingerprint density at radius 2 is 2.25 bits per heavy atom. The summed E-state index contributed by atoms with van der Waals surface area (Å²) in [5, 5.41) is 3.32. The number of halogens is 2. The molecule has 16 heavy (non-hydrogen) atoms. The highest BCUT2D eigenvalue weighted by Gasteiger charge is 2.03. The van der Waals surface area contributed by atoms with Crippen LogP contribution < -0.4 is 5.32 Å². The zero-order valence-corrected chi connectivity index (χ0v) is 11.4. The van der Waals surface area contributed by atoms with Gasteiger partial charge in [0.25, 0.3) is 0 Å². The Hall–Kier alpha value is -0.670. The lowest BCUT2D eigenvalue weighted by Crippen LogP contribution is -2.26. The fourth-order valence-electron chi connectivity index (χ4n) is 1.46. The lowest BCUT2D eigenvalue weighted by atomic mass is 10.1. The molecule has 3 heteroatoms. The molecule has 0 saturated heterocycles. The molecule has 0 heterocycles. The fourth-order valence-corrected chi connectivity index (χ4v) is 1.70. The summed E-state index contributed by atoms with van der Waals surface area (Å²) in [6.07, 6.45) is 2.00. The highest BCUT2D eigenvalue weighted by molar-refractivity contribution is 9.10. The fraction of sp³-hybridized carbons (Fsp3) is 0.385. The maximum Gasteiger partial charge on any atom is 0.137 e. The summed E-state index contributed by atoms with van der Waals surface area (Å²) in [6, 6.07) is 5.48. The summed E-state index contributed by atoms with van der Waals surface area (Å²) in [5.41, 5.74) is 2.09. The van der Waals surface area contributed by atoms with Crippen LogP contribution in [0.2, 0.25) is 0 Å². The largest absolute Gasteiger partial charge is 0.311 e. The molecule has 0 saturated carbocycles. The van der Waals surface area contributed by atoms with Gasteiger partial charge >= 0.3 is 0 Å². The minimum atomic E-state index is -0.224. The number of hydrogen-bond donors (Lipinski definition) is 1. The highest BCUT2D eigenvalue weighted by atomic mass is 79.9. The van der Waals surface area contributed by atoms with Crippen LogP contribution >= 0.6 is 15.9 Å². The van der Waals surface area contributed by atoms with E-state index in [0.29, 0.717) is 10.5 Å². The third-order valence-corrected chi connectivity index (χ3v) is 3.17. The zero-order valence-electron chi connectivity index (χ0n) is 9.85. The van der Waals surface area contributed by atoms with Crippen molar-refractivity contribution in [3.63, 3.8) is 0 Å². The van der Waals surface area contributed by atoms with E-state index in [1.54, 1.807) is 6.07 Å². The number of rotatable bonds is 4. The van der Waals surface area contributed by atoms with Gasteiger partial charge in [0.2, 0.25) is 0 Å². The third-order valence-electron chi connectivity index (χ3n) is 2.53. The minimum Gasteiger partial charge on any atom is -0.311 e. The van der Waals surface area contributed by atoms with E-state index in [4.69, 9.17) is 0 Å². The summed E-state index contributed by atoms with van der Waals surface area (Å²) in [6.45, 7) is 7.15. The molecule has 1 unspecified atom stereocenters. The van der Waals surface area contributed by atoms with Crippen molar-refractivity contribution >= 4 is 22.0 Å². The van der Waals surface area contributed by atoms with Crippen molar-refractivity contribution in [3.05, 3.63) is 39.6 Å². The van der Waals surface area contributed by atoms with Gasteiger partial charge in [-0.05, 0) is 54.0 Å². The van der Waals surface area contributed by atoms with Gasteiger partial charge in [0, 0.05) is 6.04 Å². The minimum absolute atomic E-state index is 0.224. The summed E-state index contributed by atoms with van der Waals surface area (Å²) in [7, 11) is 0. The normalized spacial score (nSPS) is 13.9. The van der Waals surface area contributed by atoms with Crippen molar-refractivity contribution in [1.82, 2.24) is 5.32 Å². The van der Waals surface area contributed by atoms with Gasteiger partial charge in [-0.2, -0.15) is 0 Å². The average Bonchev–Trinajstić information content (AvgIpc) is 2.24. The molecule has 1 aromatic rings. The maximum atomic E-state index is 13.3. The molecule has 0 radical (unpaired) electrons. The standard InChI is InChI=1S/C13H17BrFN/c1-4-16-10(3)9(2)7-11-5-6-12(14)13(15)8-11/h5-8,10,16H,4H2,1-3H3/b9-7+. The van der Waals surface area contributed by atoms with Crippen LogP contribution in [0.1, 0.15) is 26.3 Å². The van der Waals surface area contributed by atoms with Crippen LogP contribution in [0.3, 0.4) is 0 Å². The third kappa shape index (κ3) is 3.72. The van der Waals surface area contributed by atoms with Gasteiger partial charge in [0.1, 0.15) is 5.82 Å². The van der Waals surface area contributed by atoms with Crippen LogP contribution in [-0.4, -0.2) is 12.6 Å². The quantitative estimate of drug-likeness (QED) is 0.882. The first-order chi connectivity index (χ1) is 7.54. The Bertz CT molecular complexity index is 388. The molecule has 0 amide bonds. The molecule has 0 aliphatic carbocycles. The molecule has 0 bridgehead atoms. The van der Waals surface area contributed by atoms with E-state index in [9.17, 15) is 4.39 Å². The van der Waals surface area contributed by atoms with Crippen molar-refractivity contribution in [2.45, 2.75) is 26.8 Å². The van der Waals surface area contributed by atoms with Gasteiger partial charge < -0.3 is 5.32 Å². The molecule has 1 N–H and O–H groups in total. The van der Waals surface area contributed by atoms with Crippen molar-refractivity contribution in [2.75, 3.05) is 6.54 Å². The topological polar surface area (TPSA) is 12.0 Å². The van der Waals surface area contributed by atoms with Crippen LogP contribution in [0.4, 0.5) is 4.39 Å². The second-order valence-corrected chi connectivity index (χ2v) is 4.70. The van der Waals surface area contributed by atoms with E-state index in [1.165, 1.54) is 11.6 Å². The molecule has 1 nitrogen and oxygen atoms in total.